The number of hydrogen-bond acceptors (Lipinski definition) is 9. The molecule has 14 heteroatoms. The van der Waals surface area contributed by atoms with Crippen molar-refractivity contribution in [2.45, 2.75) is 50.2 Å². The minimum Gasteiger partial charge on any atom is -0.480 e. The van der Waals surface area contributed by atoms with Crippen molar-refractivity contribution >= 4 is 35.5 Å². The van der Waals surface area contributed by atoms with Gasteiger partial charge in [-0.1, -0.05) is 25.0 Å². The van der Waals surface area contributed by atoms with Gasteiger partial charge in [0.05, 0.1) is 32.7 Å². The van der Waals surface area contributed by atoms with E-state index < -0.39 is 80.7 Å². The van der Waals surface area contributed by atoms with E-state index in [0.29, 0.717) is 31.4 Å². The van der Waals surface area contributed by atoms with Crippen LogP contribution in [0.1, 0.15) is 31.2 Å². The fourth-order valence-electron chi connectivity index (χ4n) is 5.24. The largest absolute Gasteiger partial charge is 0.480 e. The predicted octanol–water partition coefficient (Wildman–Crippen LogP) is -0.180. The molecule has 1 fully saturated rings. The minimum atomic E-state index is -1.26. The zero-order valence-corrected chi connectivity index (χ0v) is 21.5. The van der Waals surface area contributed by atoms with Crippen molar-refractivity contribution in [3.8, 4) is 0 Å². The van der Waals surface area contributed by atoms with Crippen molar-refractivity contribution in [3.63, 3.8) is 0 Å². The molecule has 1 aliphatic carbocycles. The quantitative estimate of drug-likeness (QED) is 0.138. The predicted molar refractivity (Wildman–Crippen MR) is 137 cm³/mol. The first kappa shape index (κ1) is 31.5. The highest BCUT2D eigenvalue weighted by molar-refractivity contribution is 5.73. The molecule has 1 saturated carbocycles. The van der Waals surface area contributed by atoms with E-state index in [1.807, 2.05) is 0 Å². The van der Waals surface area contributed by atoms with E-state index in [2.05, 4.69) is 0 Å². The number of nitrogen functional groups attached to an aromatic ring is 1. The Kier molecular flexibility index (Phi) is 12.1. The van der Waals surface area contributed by atoms with E-state index in [4.69, 9.17) is 5.73 Å². The monoisotopic (exact) mass is 552 g/mol. The smallest absolute Gasteiger partial charge is 0.317 e. The molecular formula is C25H36N4O10. The normalized spacial score (nSPS) is 18.2. The Bertz CT molecular complexity index is 987. The summed E-state index contributed by atoms with van der Waals surface area (Å²) in [6, 6.07) is 4.83. The van der Waals surface area contributed by atoms with E-state index >= 15 is 0 Å². The summed E-state index contributed by atoms with van der Waals surface area (Å²) in [6.45, 7) is -2.84. The van der Waals surface area contributed by atoms with Crippen LogP contribution in [0.3, 0.4) is 0 Å². The van der Waals surface area contributed by atoms with Crippen LogP contribution in [-0.4, -0.2) is 127 Å². The maximum absolute atomic E-state index is 11.9. The summed E-state index contributed by atoms with van der Waals surface area (Å²) in [5.41, 5.74) is 6.99. The summed E-state index contributed by atoms with van der Waals surface area (Å²) in [5.74, 6) is -6.14. The average Bonchev–Trinajstić information content (AvgIpc) is 2.82. The third kappa shape index (κ3) is 10.9. The highest BCUT2D eigenvalue weighted by atomic mass is 16.4. The van der Waals surface area contributed by atoms with Gasteiger partial charge in [-0.3, -0.25) is 38.7 Å². The van der Waals surface area contributed by atoms with Crippen molar-refractivity contribution in [2.75, 3.05) is 45.0 Å². The van der Waals surface area contributed by atoms with Gasteiger partial charge in [-0.25, -0.2) is 0 Å². The third-order valence-electron chi connectivity index (χ3n) is 6.74. The van der Waals surface area contributed by atoms with Gasteiger partial charge in [-0.15, -0.1) is 0 Å². The molecule has 14 nitrogen and oxygen atoms in total. The maximum atomic E-state index is 11.9. The molecule has 0 aliphatic heterocycles. The Hall–Kier alpha value is -3.75. The molecule has 2 rings (SSSR count). The molecule has 0 aromatic heterocycles. The molecule has 1 aromatic carbocycles. The van der Waals surface area contributed by atoms with Gasteiger partial charge < -0.3 is 31.3 Å². The van der Waals surface area contributed by atoms with E-state index in [1.54, 1.807) is 29.2 Å². The molecule has 0 bridgehead atoms. The van der Waals surface area contributed by atoms with Gasteiger partial charge in [0, 0.05) is 30.4 Å². The van der Waals surface area contributed by atoms with Crippen LogP contribution in [-0.2, 0) is 30.4 Å². The molecule has 0 radical (unpaired) electrons. The minimum absolute atomic E-state index is 0.0492. The van der Waals surface area contributed by atoms with Crippen molar-refractivity contribution in [1.29, 1.82) is 0 Å². The molecular weight excluding hydrogens is 516 g/mol. The highest BCUT2D eigenvalue weighted by Gasteiger charge is 2.38. The van der Waals surface area contributed by atoms with E-state index in [0.717, 1.165) is 5.56 Å². The Balaban J connectivity index is 2.48. The van der Waals surface area contributed by atoms with Crippen LogP contribution >= 0.6 is 0 Å². The Morgan fingerprint density at radius 1 is 0.692 bits per heavy atom. The highest BCUT2D eigenvalue weighted by Crippen LogP contribution is 2.28. The second kappa shape index (κ2) is 15.0. The van der Waals surface area contributed by atoms with Crippen molar-refractivity contribution in [3.05, 3.63) is 29.8 Å². The summed E-state index contributed by atoms with van der Waals surface area (Å²) in [6.07, 6.45) is 2.47. The standard InChI is InChI=1S/C25H36N4O10/c26-17-7-5-16(6-8-17)9-18(27(11-21(30)31)12-22(32)33)10-28(13-23(34)35)19-3-1-2-4-20(19)29(14-24(36)37)15-25(38)39/h5-8,18-20H,1-4,9-15,26H2,(H,30,31)(H,32,33)(H,34,35)(H,36,37)(H,38,39)/t18-,19-,20?/m0/s1. The van der Waals surface area contributed by atoms with E-state index in [1.165, 1.54) is 9.80 Å². The van der Waals surface area contributed by atoms with Crippen molar-refractivity contribution in [2.24, 2.45) is 0 Å². The molecule has 3 atom stereocenters. The lowest BCUT2D eigenvalue weighted by Crippen LogP contribution is -2.59. The molecule has 7 N–H and O–H groups in total. The number of hydrogen-bond donors (Lipinski definition) is 6. The molecule has 0 amide bonds. The second-order valence-corrected chi connectivity index (χ2v) is 9.73. The third-order valence-corrected chi connectivity index (χ3v) is 6.74. The summed E-state index contributed by atoms with van der Waals surface area (Å²) in [4.78, 5) is 62.4. The van der Waals surface area contributed by atoms with E-state index in [-0.39, 0.29) is 13.0 Å². The average molecular weight is 553 g/mol. The van der Waals surface area contributed by atoms with Gasteiger partial charge in [-0.05, 0) is 37.0 Å². The van der Waals surface area contributed by atoms with Gasteiger partial charge in [0.25, 0.3) is 0 Å². The number of anilines is 1. The van der Waals surface area contributed by atoms with E-state index in [9.17, 15) is 49.5 Å². The lowest BCUT2D eigenvalue weighted by molar-refractivity contribution is -0.146. The Morgan fingerprint density at radius 2 is 1.10 bits per heavy atom. The Labute approximate surface area is 225 Å². The fraction of sp³-hybridized carbons (Fsp3) is 0.560. The summed E-state index contributed by atoms with van der Waals surface area (Å²) in [5, 5.41) is 47.5. The van der Waals surface area contributed by atoms with Crippen LogP contribution in [0.4, 0.5) is 5.69 Å². The second-order valence-electron chi connectivity index (χ2n) is 9.73. The van der Waals surface area contributed by atoms with Gasteiger partial charge in [0.1, 0.15) is 0 Å². The number of carboxylic acids is 5. The van der Waals surface area contributed by atoms with Gasteiger partial charge in [0.15, 0.2) is 0 Å². The molecule has 1 aliphatic rings. The van der Waals surface area contributed by atoms with Crippen LogP contribution in [0.25, 0.3) is 0 Å². The van der Waals surface area contributed by atoms with Crippen molar-refractivity contribution in [1.82, 2.24) is 14.7 Å². The summed E-state index contributed by atoms with van der Waals surface area (Å²) >= 11 is 0. The lowest BCUT2D eigenvalue weighted by atomic mass is 9.87. The number of carboxylic acid groups (broad SMARTS) is 5. The first-order valence-electron chi connectivity index (χ1n) is 12.5. The number of rotatable bonds is 17. The van der Waals surface area contributed by atoms with Crippen molar-refractivity contribution < 1.29 is 49.5 Å². The van der Waals surface area contributed by atoms with Crippen LogP contribution < -0.4 is 5.73 Å². The first-order chi connectivity index (χ1) is 18.3. The SMILES string of the molecule is Nc1ccc(C[C@@H](CN(CC(=O)O)[C@H]2CCCCC2N(CC(=O)O)CC(=O)O)N(CC(=O)O)CC(=O)O)cc1. The molecule has 39 heavy (non-hydrogen) atoms. The number of aliphatic carboxylic acids is 5. The summed E-state index contributed by atoms with van der Waals surface area (Å²) in [7, 11) is 0. The van der Waals surface area contributed by atoms with Gasteiger partial charge >= 0.3 is 29.8 Å². The number of benzene rings is 1. The zero-order chi connectivity index (χ0) is 29.1. The molecule has 0 heterocycles. The van der Waals surface area contributed by atoms with Crippen LogP contribution in [0, 0.1) is 0 Å². The first-order valence-corrected chi connectivity index (χ1v) is 12.5. The number of carbonyl (C=O) groups is 5. The Morgan fingerprint density at radius 3 is 1.54 bits per heavy atom. The zero-order valence-electron chi connectivity index (χ0n) is 21.5. The topological polar surface area (TPSA) is 222 Å². The lowest BCUT2D eigenvalue weighted by Gasteiger charge is -2.45. The fourth-order valence-corrected chi connectivity index (χ4v) is 5.24. The number of nitrogens with zero attached hydrogens (tertiary/aromatic N) is 3. The molecule has 1 unspecified atom stereocenters. The van der Waals surface area contributed by atoms with Crippen LogP contribution in [0.5, 0.6) is 0 Å². The molecule has 0 spiro atoms. The van der Waals surface area contributed by atoms with Crippen LogP contribution in [0.15, 0.2) is 24.3 Å². The van der Waals surface area contributed by atoms with Gasteiger partial charge in [0.2, 0.25) is 0 Å². The molecule has 1 aromatic rings. The van der Waals surface area contributed by atoms with Crippen LogP contribution in [0.2, 0.25) is 0 Å². The molecule has 0 saturated heterocycles. The number of nitrogens with two attached hydrogens (primary N) is 1. The maximum Gasteiger partial charge on any atom is 0.317 e. The van der Waals surface area contributed by atoms with Gasteiger partial charge in [-0.2, -0.15) is 0 Å². The summed E-state index contributed by atoms with van der Waals surface area (Å²) < 4.78 is 0. The molecule has 216 valence electrons.